The first kappa shape index (κ1) is 21.2. The van der Waals surface area contributed by atoms with Crippen LogP contribution in [0.25, 0.3) is 0 Å². The summed E-state index contributed by atoms with van der Waals surface area (Å²) in [7, 11) is 0. The molecule has 0 spiro atoms. The second-order valence-electron chi connectivity index (χ2n) is 6.45. The van der Waals surface area contributed by atoms with Crippen molar-refractivity contribution in [3.05, 3.63) is 12.7 Å². The molecule has 0 radical (unpaired) electrons. The lowest BCUT2D eigenvalue weighted by atomic mass is 9.91. The number of unbranched alkanes of at least 4 members (excludes halogenated alkanes) is 8. The molecule has 0 amide bonds. The summed E-state index contributed by atoms with van der Waals surface area (Å²) >= 11 is 0. The van der Waals surface area contributed by atoms with Crippen LogP contribution >= 0.6 is 0 Å². The minimum absolute atomic E-state index is 0.0497. The van der Waals surface area contributed by atoms with Crippen molar-refractivity contribution in [2.75, 3.05) is 6.61 Å². The van der Waals surface area contributed by atoms with Crippen LogP contribution < -0.4 is 0 Å². The van der Waals surface area contributed by atoms with Crippen molar-refractivity contribution in [1.82, 2.24) is 0 Å². The van der Waals surface area contributed by atoms with Crippen LogP contribution in [0.4, 0.5) is 0 Å². The van der Waals surface area contributed by atoms with Crippen LogP contribution in [-0.4, -0.2) is 12.6 Å². The summed E-state index contributed by atoms with van der Waals surface area (Å²) in [6.07, 6.45) is 17.7. The van der Waals surface area contributed by atoms with Crippen molar-refractivity contribution in [2.24, 2.45) is 5.92 Å². The van der Waals surface area contributed by atoms with Crippen molar-refractivity contribution in [2.45, 2.75) is 97.3 Å². The fourth-order valence-corrected chi connectivity index (χ4v) is 2.87. The summed E-state index contributed by atoms with van der Waals surface area (Å²) in [5, 5.41) is 0. The first-order chi connectivity index (χ1) is 10.7. The molecule has 2 nitrogen and oxygen atoms in total. The van der Waals surface area contributed by atoms with E-state index in [4.69, 9.17) is 4.74 Å². The van der Waals surface area contributed by atoms with Gasteiger partial charge in [0.1, 0.15) is 6.61 Å². The van der Waals surface area contributed by atoms with Gasteiger partial charge in [0, 0.05) is 6.42 Å². The molecule has 0 aromatic heterocycles. The van der Waals surface area contributed by atoms with Gasteiger partial charge >= 0.3 is 5.97 Å². The van der Waals surface area contributed by atoms with Gasteiger partial charge in [-0.25, -0.2) is 0 Å². The van der Waals surface area contributed by atoms with E-state index >= 15 is 0 Å². The molecule has 0 rings (SSSR count). The smallest absolute Gasteiger partial charge is 0.306 e. The second-order valence-corrected chi connectivity index (χ2v) is 6.45. The summed E-state index contributed by atoms with van der Waals surface area (Å²) in [5.74, 6) is 0.465. The molecule has 130 valence electrons. The molecule has 0 fully saturated rings. The average Bonchev–Trinajstić information content (AvgIpc) is 2.52. The van der Waals surface area contributed by atoms with Gasteiger partial charge in [-0.2, -0.15) is 0 Å². The van der Waals surface area contributed by atoms with Gasteiger partial charge in [0.2, 0.25) is 0 Å². The Morgan fingerprint density at radius 2 is 1.41 bits per heavy atom. The summed E-state index contributed by atoms with van der Waals surface area (Å²) in [5.41, 5.74) is 0. The highest BCUT2D eigenvalue weighted by molar-refractivity contribution is 5.69. The van der Waals surface area contributed by atoms with Gasteiger partial charge in [0.15, 0.2) is 0 Å². The normalized spacial score (nSPS) is 12.1. The van der Waals surface area contributed by atoms with Crippen molar-refractivity contribution >= 4 is 5.97 Å². The Balaban J connectivity index is 3.93. The van der Waals surface area contributed by atoms with E-state index in [9.17, 15) is 4.79 Å². The Bertz CT molecular complexity index is 260. The van der Waals surface area contributed by atoms with Crippen LogP contribution in [0.2, 0.25) is 0 Å². The van der Waals surface area contributed by atoms with Gasteiger partial charge in [0.25, 0.3) is 0 Å². The zero-order valence-corrected chi connectivity index (χ0v) is 15.1. The molecule has 0 saturated heterocycles. The van der Waals surface area contributed by atoms with E-state index in [1.807, 2.05) is 0 Å². The molecule has 0 aliphatic rings. The van der Waals surface area contributed by atoms with Gasteiger partial charge < -0.3 is 4.74 Å². The molecule has 0 heterocycles. The molecule has 0 bridgehead atoms. The first-order valence-corrected chi connectivity index (χ1v) is 9.51. The summed E-state index contributed by atoms with van der Waals surface area (Å²) in [4.78, 5) is 11.8. The molecular formula is C20H38O2. The van der Waals surface area contributed by atoms with Crippen molar-refractivity contribution in [3.63, 3.8) is 0 Å². The molecule has 1 unspecified atom stereocenters. The monoisotopic (exact) mass is 310 g/mol. The predicted molar refractivity (Wildman–Crippen MR) is 96.0 cm³/mol. The number of rotatable bonds is 16. The lowest BCUT2D eigenvalue weighted by molar-refractivity contribution is -0.143. The number of ether oxygens (including phenoxy) is 1. The zero-order valence-electron chi connectivity index (χ0n) is 15.1. The van der Waals surface area contributed by atoms with Gasteiger partial charge in [-0.1, -0.05) is 90.7 Å². The van der Waals surface area contributed by atoms with E-state index < -0.39 is 0 Å². The maximum absolute atomic E-state index is 11.8. The van der Waals surface area contributed by atoms with E-state index in [1.54, 1.807) is 6.08 Å². The molecular weight excluding hydrogens is 272 g/mol. The van der Waals surface area contributed by atoms with E-state index in [0.29, 0.717) is 18.9 Å². The number of carbonyl (C=O) groups is 1. The largest absolute Gasteiger partial charge is 0.461 e. The Morgan fingerprint density at radius 3 is 1.95 bits per heavy atom. The topological polar surface area (TPSA) is 26.3 Å². The third kappa shape index (κ3) is 14.2. The zero-order chi connectivity index (χ0) is 16.5. The lowest BCUT2D eigenvalue weighted by Crippen LogP contribution is -2.12. The van der Waals surface area contributed by atoms with Crippen LogP contribution in [0.1, 0.15) is 97.3 Å². The van der Waals surface area contributed by atoms with Crippen LogP contribution in [0.5, 0.6) is 0 Å². The molecule has 0 aromatic carbocycles. The van der Waals surface area contributed by atoms with E-state index in [0.717, 1.165) is 0 Å². The van der Waals surface area contributed by atoms with Crippen LogP contribution in [0.3, 0.4) is 0 Å². The number of esters is 1. The highest BCUT2D eigenvalue weighted by Gasteiger charge is 2.14. The minimum atomic E-state index is -0.0497. The van der Waals surface area contributed by atoms with Crippen LogP contribution in [-0.2, 0) is 9.53 Å². The molecule has 0 saturated carbocycles. The van der Waals surface area contributed by atoms with Gasteiger partial charge in [0.05, 0.1) is 0 Å². The van der Waals surface area contributed by atoms with Crippen LogP contribution in [0.15, 0.2) is 12.7 Å². The molecule has 22 heavy (non-hydrogen) atoms. The van der Waals surface area contributed by atoms with Gasteiger partial charge in [-0.3, -0.25) is 4.79 Å². The standard InChI is InChI=1S/C20H38O2/c1-4-7-9-11-12-14-16-19(15-13-10-8-5-2)18-20(21)22-17-6-3/h6,19H,3-5,7-18H2,1-2H3. The average molecular weight is 311 g/mol. The fraction of sp³-hybridized carbons (Fsp3) is 0.850. The first-order valence-electron chi connectivity index (χ1n) is 9.51. The Kier molecular flexibility index (Phi) is 16.0. The van der Waals surface area contributed by atoms with Crippen molar-refractivity contribution in [3.8, 4) is 0 Å². The summed E-state index contributed by atoms with van der Waals surface area (Å²) in [6, 6.07) is 0. The highest BCUT2D eigenvalue weighted by Crippen LogP contribution is 2.22. The third-order valence-electron chi connectivity index (χ3n) is 4.25. The van der Waals surface area contributed by atoms with E-state index in [2.05, 4.69) is 20.4 Å². The Labute approximate surface area is 138 Å². The summed E-state index contributed by atoms with van der Waals surface area (Å²) < 4.78 is 5.15. The molecule has 2 heteroatoms. The lowest BCUT2D eigenvalue weighted by Gasteiger charge is -2.16. The van der Waals surface area contributed by atoms with E-state index in [-0.39, 0.29) is 5.97 Å². The molecule has 0 N–H and O–H groups in total. The van der Waals surface area contributed by atoms with Crippen LogP contribution in [0, 0.1) is 5.92 Å². The SMILES string of the molecule is C=CCOC(=O)CC(CCCCCC)CCCCCCCC. The second kappa shape index (κ2) is 16.6. The minimum Gasteiger partial charge on any atom is -0.461 e. The van der Waals surface area contributed by atoms with Gasteiger partial charge in [-0.15, -0.1) is 0 Å². The highest BCUT2D eigenvalue weighted by atomic mass is 16.5. The Morgan fingerprint density at radius 1 is 0.909 bits per heavy atom. The fourth-order valence-electron chi connectivity index (χ4n) is 2.87. The predicted octanol–water partition coefficient (Wildman–Crippen LogP) is 6.44. The molecule has 1 atom stereocenters. The number of carbonyl (C=O) groups excluding carboxylic acids is 1. The summed E-state index contributed by atoms with van der Waals surface area (Å²) in [6.45, 7) is 8.42. The maximum atomic E-state index is 11.8. The maximum Gasteiger partial charge on any atom is 0.306 e. The number of hydrogen-bond donors (Lipinski definition) is 0. The van der Waals surface area contributed by atoms with E-state index in [1.165, 1.54) is 77.0 Å². The molecule has 0 aliphatic heterocycles. The van der Waals surface area contributed by atoms with Crippen molar-refractivity contribution < 1.29 is 9.53 Å². The van der Waals surface area contributed by atoms with Gasteiger partial charge in [-0.05, 0) is 18.8 Å². The quantitative estimate of drug-likeness (QED) is 0.186. The Hall–Kier alpha value is -0.790. The molecule has 0 aliphatic carbocycles. The third-order valence-corrected chi connectivity index (χ3v) is 4.25. The molecule has 0 aromatic rings. The number of hydrogen-bond acceptors (Lipinski definition) is 2. The van der Waals surface area contributed by atoms with Crippen molar-refractivity contribution in [1.29, 1.82) is 0 Å².